The highest BCUT2D eigenvalue weighted by Crippen LogP contribution is 2.30. The van der Waals surface area contributed by atoms with Crippen LogP contribution in [-0.2, 0) is 6.61 Å². The van der Waals surface area contributed by atoms with E-state index in [1.807, 2.05) is 48.5 Å². The monoisotopic (exact) mass is 390 g/mol. The van der Waals surface area contributed by atoms with Crippen LogP contribution in [-0.4, -0.2) is 38.3 Å². The first-order valence-electron chi connectivity index (χ1n) is 9.49. The highest BCUT2D eigenvalue weighted by Gasteiger charge is 2.25. The number of hydrogen-bond acceptors (Lipinski definition) is 7. The highest BCUT2D eigenvalue weighted by atomic mass is 16.5. The van der Waals surface area contributed by atoms with Gasteiger partial charge >= 0.3 is 0 Å². The van der Waals surface area contributed by atoms with Crippen molar-refractivity contribution in [1.82, 2.24) is 4.98 Å². The number of hydrogen-bond donors (Lipinski definition) is 0. The van der Waals surface area contributed by atoms with Crippen LogP contribution in [0.25, 0.3) is 0 Å². The number of aromatic nitrogens is 1. The van der Waals surface area contributed by atoms with Gasteiger partial charge in [-0.1, -0.05) is 30.3 Å². The van der Waals surface area contributed by atoms with Crippen LogP contribution >= 0.6 is 0 Å². The summed E-state index contributed by atoms with van der Waals surface area (Å²) in [6, 6.07) is 19.6. The molecule has 0 unspecified atom stereocenters. The lowest BCUT2D eigenvalue weighted by Gasteiger charge is -2.36. The first-order chi connectivity index (χ1) is 14.3. The second-order valence-electron chi connectivity index (χ2n) is 6.62. The fraction of sp³-hybridized carbons (Fsp3) is 0.273. The number of methoxy groups -OCH3 is 1. The summed E-state index contributed by atoms with van der Waals surface area (Å²) in [5.74, 6) is 2.50. The molecular formula is C22H22N4O3. The molecular weight excluding hydrogens is 368 g/mol. The quantitative estimate of drug-likeness (QED) is 0.638. The Bertz CT molecular complexity index is 989. The lowest BCUT2D eigenvalue weighted by atomic mass is 10.2. The number of benzene rings is 2. The van der Waals surface area contributed by atoms with Crippen LogP contribution in [0, 0.1) is 11.3 Å². The maximum atomic E-state index is 9.48. The van der Waals surface area contributed by atoms with Crippen LogP contribution in [0.3, 0.4) is 0 Å². The zero-order valence-electron chi connectivity index (χ0n) is 16.2. The van der Waals surface area contributed by atoms with Crippen LogP contribution in [0.2, 0.25) is 0 Å². The lowest BCUT2D eigenvalue weighted by molar-refractivity contribution is 0.263. The molecule has 2 heterocycles. The molecule has 4 rings (SSSR count). The number of rotatable bonds is 6. The number of oxazole rings is 1. The fourth-order valence-electron chi connectivity index (χ4n) is 3.41. The molecule has 1 fully saturated rings. The van der Waals surface area contributed by atoms with Crippen molar-refractivity contribution in [3.8, 4) is 17.6 Å². The molecule has 1 aromatic heterocycles. The summed E-state index contributed by atoms with van der Waals surface area (Å²) in [5, 5.41) is 9.48. The van der Waals surface area contributed by atoms with E-state index in [0.717, 1.165) is 43.4 Å². The van der Waals surface area contributed by atoms with E-state index in [4.69, 9.17) is 13.9 Å². The van der Waals surface area contributed by atoms with Gasteiger partial charge in [-0.2, -0.15) is 10.2 Å². The van der Waals surface area contributed by atoms with Crippen LogP contribution in [0.4, 0.5) is 11.6 Å². The van der Waals surface area contributed by atoms with E-state index in [1.165, 1.54) is 0 Å². The van der Waals surface area contributed by atoms with E-state index >= 15 is 0 Å². The van der Waals surface area contributed by atoms with Crippen LogP contribution in [0.5, 0.6) is 11.5 Å². The first-order valence-corrected chi connectivity index (χ1v) is 9.49. The van der Waals surface area contributed by atoms with E-state index < -0.39 is 0 Å². The van der Waals surface area contributed by atoms with E-state index in [9.17, 15) is 5.26 Å². The molecule has 0 saturated carbocycles. The minimum atomic E-state index is 0.180. The summed E-state index contributed by atoms with van der Waals surface area (Å²) in [7, 11) is 1.68. The SMILES string of the molecule is COc1ccccc1N1CCN(c2oc(COc3ccccc3)nc2C#N)CC1. The number of nitriles is 1. The zero-order chi connectivity index (χ0) is 20.1. The molecule has 0 bridgehead atoms. The molecule has 1 aliphatic heterocycles. The summed E-state index contributed by atoms with van der Waals surface area (Å²) >= 11 is 0. The maximum Gasteiger partial charge on any atom is 0.236 e. The van der Waals surface area contributed by atoms with Crippen molar-refractivity contribution in [2.45, 2.75) is 6.61 Å². The Balaban J connectivity index is 1.43. The van der Waals surface area contributed by atoms with Crippen LogP contribution in [0.1, 0.15) is 11.6 Å². The number of para-hydroxylation sites is 3. The van der Waals surface area contributed by atoms with Gasteiger partial charge in [-0.15, -0.1) is 0 Å². The third kappa shape index (κ3) is 4.11. The molecule has 0 aliphatic carbocycles. The Morgan fingerprint density at radius 1 is 1.00 bits per heavy atom. The Labute approximate surface area is 169 Å². The maximum absolute atomic E-state index is 9.48. The number of nitrogens with zero attached hydrogens (tertiary/aromatic N) is 4. The number of anilines is 2. The molecule has 0 amide bonds. The van der Waals surface area contributed by atoms with Gasteiger partial charge in [-0.3, -0.25) is 0 Å². The molecule has 7 heteroatoms. The topological polar surface area (TPSA) is 74.8 Å². The van der Waals surface area contributed by atoms with Crippen molar-refractivity contribution in [2.75, 3.05) is 43.1 Å². The number of piperazine rings is 1. The average Bonchev–Trinajstić information content (AvgIpc) is 3.22. The van der Waals surface area contributed by atoms with Gasteiger partial charge in [0.15, 0.2) is 6.61 Å². The van der Waals surface area contributed by atoms with Crippen LogP contribution in [0.15, 0.2) is 59.0 Å². The van der Waals surface area contributed by atoms with E-state index in [-0.39, 0.29) is 6.61 Å². The van der Waals surface area contributed by atoms with Crippen molar-refractivity contribution >= 4 is 11.6 Å². The Hall–Kier alpha value is -3.66. The summed E-state index contributed by atoms with van der Waals surface area (Å²) < 4.78 is 17.0. The largest absolute Gasteiger partial charge is 0.495 e. The molecule has 148 valence electrons. The highest BCUT2D eigenvalue weighted by molar-refractivity contribution is 5.60. The van der Waals surface area contributed by atoms with E-state index in [1.54, 1.807) is 7.11 Å². The smallest absolute Gasteiger partial charge is 0.236 e. The van der Waals surface area contributed by atoms with Gasteiger partial charge in [0.05, 0.1) is 12.8 Å². The van der Waals surface area contributed by atoms with Crippen molar-refractivity contribution in [3.05, 3.63) is 66.2 Å². The Kier molecular flexibility index (Phi) is 5.52. The molecule has 2 aromatic carbocycles. The molecule has 3 aromatic rings. The third-order valence-corrected chi connectivity index (χ3v) is 4.86. The summed E-state index contributed by atoms with van der Waals surface area (Å²) in [6.07, 6.45) is 0. The normalized spacial score (nSPS) is 13.8. The molecule has 7 nitrogen and oxygen atoms in total. The Morgan fingerprint density at radius 3 is 2.41 bits per heavy atom. The molecule has 0 radical (unpaired) electrons. The van der Waals surface area contributed by atoms with E-state index in [0.29, 0.717) is 17.5 Å². The van der Waals surface area contributed by atoms with Crippen molar-refractivity contribution in [1.29, 1.82) is 5.26 Å². The minimum Gasteiger partial charge on any atom is -0.495 e. The van der Waals surface area contributed by atoms with Crippen molar-refractivity contribution in [3.63, 3.8) is 0 Å². The van der Waals surface area contributed by atoms with E-state index in [2.05, 4.69) is 26.9 Å². The zero-order valence-corrected chi connectivity index (χ0v) is 16.2. The molecule has 0 atom stereocenters. The number of ether oxygens (including phenoxy) is 2. The molecule has 0 N–H and O–H groups in total. The molecule has 1 aliphatic rings. The molecule has 1 saturated heterocycles. The summed E-state index contributed by atoms with van der Waals surface area (Å²) in [5.41, 5.74) is 1.37. The van der Waals surface area contributed by atoms with Gasteiger partial charge in [-0.05, 0) is 24.3 Å². The van der Waals surface area contributed by atoms with Crippen molar-refractivity contribution < 1.29 is 13.9 Å². The minimum absolute atomic E-state index is 0.180. The Morgan fingerprint density at radius 2 is 1.69 bits per heavy atom. The van der Waals surface area contributed by atoms with Gasteiger partial charge in [-0.25, -0.2) is 0 Å². The standard InChI is InChI=1S/C22H22N4O3/c1-27-20-10-6-5-9-19(20)25-11-13-26(14-12-25)22-18(15-23)24-21(29-22)16-28-17-7-3-2-4-8-17/h2-10H,11-14,16H2,1H3. The molecule has 0 spiro atoms. The second kappa shape index (κ2) is 8.57. The lowest BCUT2D eigenvalue weighted by Crippen LogP contribution is -2.46. The molecule has 29 heavy (non-hydrogen) atoms. The van der Waals surface area contributed by atoms with Gasteiger partial charge in [0.25, 0.3) is 0 Å². The third-order valence-electron chi connectivity index (χ3n) is 4.86. The second-order valence-corrected chi connectivity index (χ2v) is 6.62. The van der Waals surface area contributed by atoms with Crippen molar-refractivity contribution in [2.24, 2.45) is 0 Å². The van der Waals surface area contributed by atoms with Gasteiger partial charge in [0.1, 0.15) is 17.6 Å². The first kappa shape index (κ1) is 18.7. The fourth-order valence-corrected chi connectivity index (χ4v) is 3.41. The van der Waals surface area contributed by atoms with Crippen LogP contribution < -0.4 is 19.3 Å². The average molecular weight is 390 g/mol. The summed E-state index contributed by atoms with van der Waals surface area (Å²) in [6.45, 7) is 3.21. The predicted octanol–water partition coefficient (Wildman–Crippen LogP) is 3.46. The summed E-state index contributed by atoms with van der Waals surface area (Å²) in [4.78, 5) is 8.63. The van der Waals surface area contributed by atoms with Gasteiger partial charge in [0.2, 0.25) is 17.5 Å². The van der Waals surface area contributed by atoms with Gasteiger partial charge in [0, 0.05) is 26.2 Å². The predicted molar refractivity (Wildman–Crippen MR) is 109 cm³/mol. The van der Waals surface area contributed by atoms with Gasteiger partial charge < -0.3 is 23.7 Å².